The molecule has 0 aliphatic rings. The van der Waals surface area contributed by atoms with Gasteiger partial charge in [-0.25, -0.2) is 5.43 Å². The predicted molar refractivity (Wildman–Crippen MR) is 107 cm³/mol. The smallest absolute Gasteiger partial charge is 0.289 e. The van der Waals surface area contributed by atoms with Crippen LogP contribution in [0.15, 0.2) is 59.7 Å². The summed E-state index contributed by atoms with van der Waals surface area (Å²) >= 11 is 5.89. The molecule has 6 nitrogen and oxygen atoms in total. The van der Waals surface area contributed by atoms with Crippen LogP contribution in [0, 0.1) is 6.92 Å². The Morgan fingerprint density at radius 2 is 1.96 bits per heavy atom. The van der Waals surface area contributed by atoms with Crippen LogP contribution in [0.4, 0.5) is 0 Å². The number of aryl methyl sites for hydroxylation is 1. The van der Waals surface area contributed by atoms with Gasteiger partial charge in [0.15, 0.2) is 0 Å². The Hall–Kier alpha value is -3.38. The van der Waals surface area contributed by atoms with Gasteiger partial charge in [0.2, 0.25) is 0 Å². The monoisotopic (exact) mass is 377 g/mol. The van der Waals surface area contributed by atoms with E-state index in [9.17, 15) is 4.79 Å². The summed E-state index contributed by atoms with van der Waals surface area (Å²) in [5.74, 6) is -0.364. The molecule has 27 heavy (non-hydrogen) atoms. The highest BCUT2D eigenvalue weighted by Gasteiger charge is 2.11. The molecule has 0 atom stereocenters. The Balaban J connectivity index is 1.49. The summed E-state index contributed by atoms with van der Waals surface area (Å²) in [5.41, 5.74) is 7.34. The first-order valence-electron chi connectivity index (χ1n) is 8.34. The van der Waals surface area contributed by atoms with Crippen LogP contribution < -0.4 is 5.43 Å². The van der Waals surface area contributed by atoms with Gasteiger partial charge in [-0.3, -0.25) is 9.89 Å². The van der Waals surface area contributed by atoms with Gasteiger partial charge in [-0.15, -0.1) is 0 Å². The molecule has 2 heterocycles. The van der Waals surface area contributed by atoms with Gasteiger partial charge in [-0.2, -0.15) is 10.2 Å². The maximum absolute atomic E-state index is 12.3. The number of benzene rings is 2. The molecule has 0 unspecified atom stereocenters. The number of carbonyl (C=O) groups excluding carboxylic acids is 1. The summed E-state index contributed by atoms with van der Waals surface area (Å²) in [5, 5.41) is 12.7. The van der Waals surface area contributed by atoms with E-state index >= 15 is 0 Å². The van der Waals surface area contributed by atoms with Crippen molar-refractivity contribution in [3.8, 4) is 11.3 Å². The maximum Gasteiger partial charge on any atom is 0.289 e. The van der Waals surface area contributed by atoms with E-state index in [-0.39, 0.29) is 5.91 Å². The average molecular weight is 378 g/mol. The lowest BCUT2D eigenvalue weighted by atomic mass is 10.1. The van der Waals surface area contributed by atoms with Crippen LogP contribution in [-0.4, -0.2) is 27.3 Å². The summed E-state index contributed by atoms with van der Waals surface area (Å²) in [6, 6.07) is 16.9. The molecule has 0 radical (unpaired) electrons. The summed E-state index contributed by atoms with van der Waals surface area (Å²) in [6.07, 6.45) is 1.64. The van der Waals surface area contributed by atoms with Gasteiger partial charge in [0.05, 0.1) is 11.9 Å². The molecule has 0 spiro atoms. The van der Waals surface area contributed by atoms with Crippen molar-refractivity contribution in [3.63, 3.8) is 0 Å². The number of amides is 1. The van der Waals surface area contributed by atoms with E-state index in [1.54, 1.807) is 24.4 Å². The van der Waals surface area contributed by atoms with E-state index in [4.69, 9.17) is 11.6 Å². The Morgan fingerprint density at radius 3 is 2.78 bits per heavy atom. The first-order chi connectivity index (χ1) is 13.1. The minimum Gasteiger partial charge on any atom is -0.358 e. The largest absolute Gasteiger partial charge is 0.358 e. The highest BCUT2D eigenvalue weighted by Crippen LogP contribution is 2.21. The number of nitrogens with zero attached hydrogens (tertiary/aromatic N) is 2. The molecule has 2 aromatic heterocycles. The predicted octanol–water partition coefficient (Wildman–Crippen LogP) is 4.28. The molecule has 0 saturated carbocycles. The molecule has 0 aliphatic heterocycles. The highest BCUT2D eigenvalue weighted by molar-refractivity contribution is 6.30. The molecular weight excluding hydrogens is 362 g/mol. The number of nitrogens with one attached hydrogen (secondary N) is 3. The fourth-order valence-electron chi connectivity index (χ4n) is 2.89. The number of hydrogen-bond acceptors (Lipinski definition) is 3. The van der Waals surface area contributed by atoms with Crippen LogP contribution in [0.5, 0.6) is 0 Å². The van der Waals surface area contributed by atoms with Crippen LogP contribution in [0.25, 0.3) is 22.2 Å². The van der Waals surface area contributed by atoms with Crippen LogP contribution >= 0.6 is 11.6 Å². The molecule has 134 valence electrons. The van der Waals surface area contributed by atoms with E-state index in [0.29, 0.717) is 16.4 Å². The number of aromatic amines is 2. The molecule has 4 rings (SSSR count). The summed E-state index contributed by atoms with van der Waals surface area (Å²) in [4.78, 5) is 15.6. The lowest BCUT2D eigenvalue weighted by Gasteiger charge is -1.97. The minimum atomic E-state index is -0.364. The molecule has 0 aliphatic carbocycles. The number of hydrogen-bond donors (Lipinski definition) is 3. The second kappa shape index (κ2) is 7.09. The van der Waals surface area contributed by atoms with E-state index in [2.05, 4.69) is 25.7 Å². The first-order valence-corrected chi connectivity index (χ1v) is 8.71. The van der Waals surface area contributed by atoms with Crippen LogP contribution in [0.2, 0.25) is 5.02 Å². The van der Waals surface area contributed by atoms with Gasteiger partial charge in [0.1, 0.15) is 5.69 Å². The van der Waals surface area contributed by atoms with E-state index < -0.39 is 0 Å². The molecule has 7 heteroatoms. The van der Waals surface area contributed by atoms with Crippen LogP contribution in [-0.2, 0) is 0 Å². The molecule has 4 aromatic rings. The van der Waals surface area contributed by atoms with E-state index in [1.165, 1.54) is 0 Å². The number of aromatic nitrogens is 3. The summed E-state index contributed by atoms with van der Waals surface area (Å²) in [6.45, 7) is 1.97. The maximum atomic E-state index is 12.3. The van der Waals surface area contributed by atoms with Crippen LogP contribution in [0.3, 0.4) is 0 Å². The number of para-hydroxylation sites is 1. The number of carbonyl (C=O) groups is 1. The standard InChI is InChI=1S/C20H16ClN5O/c1-12-16(15-4-2-3-5-17(15)23-12)11-22-26-20(27)19-10-18(24-25-19)13-6-8-14(21)9-7-13/h2-11,23H,1H3,(H,24,25)(H,26,27)/b22-11+. The normalized spacial score (nSPS) is 11.3. The molecule has 0 saturated heterocycles. The minimum absolute atomic E-state index is 0.327. The van der Waals surface area contributed by atoms with Gasteiger partial charge in [-0.1, -0.05) is 41.9 Å². The van der Waals surface area contributed by atoms with Crippen LogP contribution in [0.1, 0.15) is 21.7 Å². The van der Waals surface area contributed by atoms with E-state index in [0.717, 1.165) is 27.7 Å². The van der Waals surface area contributed by atoms with Crippen molar-refractivity contribution in [2.75, 3.05) is 0 Å². The Labute approximate surface area is 160 Å². The number of hydrazone groups is 1. The average Bonchev–Trinajstić information content (AvgIpc) is 3.27. The number of H-pyrrole nitrogens is 2. The second-order valence-electron chi connectivity index (χ2n) is 6.08. The number of fused-ring (bicyclic) bond motifs is 1. The van der Waals surface area contributed by atoms with Crippen molar-refractivity contribution in [1.82, 2.24) is 20.6 Å². The van der Waals surface area contributed by atoms with Crippen molar-refractivity contribution in [2.45, 2.75) is 6.92 Å². The summed E-state index contributed by atoms with van der Waals surface area (Å²) in [7, 11) is 0. The van der Waals surface area contributed by atoms with Crippen molar-refractivity contribution in [3.05, 3.63) is 76.6 Å². The number of rotatable bonds is 4. The van der Waals surface area contributed by atoms with Crippen molar-refractivity contribution < 1.29 is 4.79 Å². The van der Waals surface area contributed by atoms with Crippen molar-refractivity contribution in [2.24, 2.45) is 5.10 Å². The van der Waals surface area contributed by atoms with Gasteiger partial charge in [0.25, 0.3) is 5.91 Å². The summed E-state index contributed by atoms with van der Waals surface area (Å²) < 4.78 is 0. The fraction of sp³-hybridized carbons (Fsp3) is 0.0500. The second-order valence-corrected chi connectivity index (χ2v) is 6.52. The SMILES string of the molecule is Cc1[nH]c2ccccc2c1/C=N/NC(=O)c1cc(-c2ccc(Cl)cc2)n[nH]1. The Bertz CT molecular complexity index is 1140. The van der Waals surface area contributed by atoms with E-state index in [1.807, 2.05) is 43.3 Å². The zero-order valence-corrected chi connectivity index (χ0v) is 15.2. The van der Waals surface area contributed by atoms with Gasteiger partial charge < -0.3 is 4.98 Å². The van der Waals surface area contributed by atoms with Gasteiger partial charge in [0, 0.05) is 32.7 Å². The molecule has 1 amide bonds. The van der Waals surface area contributed by atoms with Crippen molar-refractivity contribution in [1.29, 1.82) is 0 Å². The quantitative estimate of drug-likeness (QED) is 0.366. The lowest BCUT2D eigenvalue weighted by molar-refractivity contribution is 0.0950. The third-order valence-electron chi connectivity index (χ3n) is 4.27. The Kier molecular flexibility index (Phi) is 4.48. The molecule has 0 bridgehead atoms. The highest BCUT2D eigenvalue weighted by atomic mass is 35.5. The molecule has 3 N–H and O–H groups in total. The molecule has 0 fully saturated rings. The molecule has 2 aromatic carbocycles. The topological polar surface area (TPSA) is 85.9 Å². The first kappa shape index (κ1) is 17.1. The van der Waals surface area contributed by atoms with Gasteiger partial charge in [-0.05, 0) is 31.2 Å². The Morgan fingerprint density at radius 1 is 1.19 bits per heavy atom. The third-order valence-corrected chi connectivity index (χ3v) is 4.52. The fourth-order valence-corrected chi connectivity index (χ4v) is 3.01. The lowest BCUT2D eigenvalue weighted by Crippen LogP contribution is -2.18. The number of halogens is 1. The zero-order valence-electron chi connectivity index (χ0n) is 14.5. The molecular formula is C20H16ClN5O. The van der Waals surface area contributed by atoms with Crippen molar-refractivity contribution >= 4 is 34.6 Å². The van der Waals surface area contributed by atoms with Gasteiger partial charge >= 0.3 is 0 Å². The zero-order chi connectivity index (χ0) is 18.8. The third kappa shape index (κ3) is 3.47.